The predicted octanol–water partition coefficient (Wildman–Crippen LogP) is 1.85. The van der Waals surface area contributed by atoms with Gasteiger partial charge in [-0.05, 0) is 26.0 Å². The van der Waals surface area contributed by atoms with E-state index in [1.807, 2.05) is 0 Å². The third-order valence-corrected chi connectivity index (χ3v) is 2.88. The second-order valence-corrected chi connectivity index (χ2v) is 4.25. The summed E-state index contributed by atoms with van der Waals surface area (Å²) in [7, 11) is 0. The number of nitrogens with zero attached hydrogens (tertiary/aromatic N) is 3. The fourth-order valence-electron chi connectivity index (χ4n) is 1.91. The van der Waals surface area contributed by atoms with E-state index in [1.54, 1.807) is 13.8 Å². The second kappa shape index (κ2) is 5.61. The van der Waals surface area contributed by atoms with Gasteiger partial charge in [0.1, 0.15) is 11.4 Å². The molecule has 1 aromatic heterocycles. The van der Waals surface area contributed by atoms with Crippen LogP contribution in [0.2, 0.25) is 0 Å². The molecule has 0 radical (unpaired) electrons. The lowest BCUT2D eigenvalue weighted by Crippen LogP contribution is -2.09. The smallest absolute Gasteiger partial charge is 0.343 e. The zero-order valence-corrected chi connectivity index (χ0v) is 11.6. The molecular formula is C13H14N4O4. The zero-order chi connectivity index (χ0) is 15.6. The Hall–Kier alpha value is -2.90. The Kier molecular flexibility index (Phi) is 3.88. The van der Waals surface area contributed by atoms with Gasteiger partial charge in [-0.15, -0.1) is 0 Å². The molecule has 0 fully saturated rings. The molecule has 2 aromatic rings. The number of hydrogen-bond acceptors (Lipinski definition) is 6. The summed E-state index contributed by atoms with van der Waals surface area (Å²) < 4.78 is 6.28. The molecule has 1 aromatic carbocycles. The maximum Gasteiger partial charge on any atom is 0.343 e. The third-order valence-electron chi connectivity index (χ3n) is 2.88. The molecule has 0 aliphatic heterocycles. The summed E-state index contributed by atoms with van der Waals surface area (Å²) in [5.74, 6) is -0.402. The summed E-state index contributed by atoms with van der Waals surface area (Å²) in [5, 5.41) is 14.8. The lowest BCUT2D eigenvalue weighted by Gasteiger charge is -2.04. The highest BCUT2D eigenvalue weighted by Gasteiger charge is 2.21. The molecule has 0 bridgehead atoms. The summed E-state index contributed by atoms with van der Waals surface area (Å²) in [6, 6.07) is 5.71. The van der Waals surface area contributed by atoms with Crippen LogP contribution in [0.4, 0.5) is 11.5 Å². The average molecular weight is 290 g/mol. The highest BCUT2D eigenvalue weighted by atomic mass is 16.6. The van der Waals surface area contributed by atoms with Crippen LogP contribution in [-0.4, -0.2) is 27.3 Å². The number of ether oxygens (including phenoxy) is 1. The molecular weight excluding hydrogens is 276 g/mol. The summed E-state index contributed by atoms with van der Waals surface area (Å²) in [6.07, 6.45) is 0. The van der Waals surface area contributed by atoms with E-state index in [2.05, 4.69) is 5.10 Å². The second-order valence-electron chi connectivity index (χ2n) is 4.25. The number of non-ortho nitro benzene ring substituents is 1. The molecule has 0 unspecified atom stereocenters. The summed E-state index contributed by atoms with van der Waals surface area (Å²) in [5.41, 5.74) is 7.06. The van der Waals surface area contributed by atoms with Gasteiger partial charge in [-0.25, -0.2) is 9.48 Å². The van der Waals surface area contributed by atoms with Crippen molar-refractivity contribution in [1.82, 2.24) is 9.78 Å². The van der Waals surface area contributed by atoms with E-state index in [4.69, 9.17) is 10.5 Å². The number of hydrogen-bond donors (Lipinski definition) is 1. The Morgan fingerprint density at radius 1 is 1.43 bits per heavy atom. The number of carbonyl (C=O) groups excluding carboxylic acids is 1. The van der Waals surface area contributed by atoms with Crippen molar-refractivity contribution in [3.05, 3.63) is 45.6 Å². The summed E-state index contributed by atoms with van der Waals surface area (Å²) >= 11 is 0. The van der Waals surface area contributed by atoms with E-state index < -0.39 is 10.9 Å². The van der Waals surface area contributed by atoms with Gasteiger partial charge in [0.15, 0.2) is 0 Å². The van der Waals surface area contributed by atoms with Gasteiger partial charge in [-0.2, -0.15) is 5.10 Å². The van der Waals surface area contributed by atoms with Crippen LogP contribution in [-0.2, 0) is 4.74 Å². The molecule has 2 rings (SSSR count). The first-order valence-electron chi connectivity index (χ1n) is 6.22. The van der Waals surface area contributed by atoms with Crippen LogP contribution in [0.5, 0.6) is 0 Å². The van der Waals surface area contributed by atoms with Crippen molar-refractivity contribution in [2.75, 3.05) is 12.3 Å². The Balaban J connectivity index is 2.43. The molecule has 1 heterocycles. The van der Waals surface area contributed by atoms with Gasteiger partial charge >= 0.3 is 5.97 Å². The SMILES string of the molecule is CCOC(=O)c1c(C)nn(-c2ccc([N+](=O)[O-])cc2)c1N. The Labute approximate surface area is 120 Å². The number of benzene rings is 1. The van der Waals surface area contributed by atoms with E-state index >= 15 is 0 Å². The molecule has 110 valence electrons. The van der Waals surface area contributed by atoms with Crippen LogP contribution in [0.3, 0.4) is 0 Å². The van der Waals surface area contributed by atoms with Gasteiger partial charge in [0.05, 0.1) is 22.9 Å². The van der Waals surface area contributed by atoms with Gasteiger partial charge in [0, 0.05) is 12.1 Å². The molecule has 2 N–H and O–H groups in total. The van der Waals surface area contributed by atoms with E-state index in [-0.39, 0.29) is 23.7 Å². The van der Waals surface area contributed by atoms with Crippen molar-refractivity contribution < 1.29 is 14.5 Å². The lowest BCUT2D eigenvalue weighted by atomic mass is 10.2. The van der Waals surface area contributed by atoms with Crippen LogP contribution in [0.15, 0.2) is 24.3 Å². The van der Waals surface area contributed by atoms with Crippen LogP contribution >= 0.6 is 0 Å². The highest BCUT2D eigenvalue weighted by molar-refractivity contribution is 5.95. The standard InChI is InChI=1S/C13H14N4O4/c1-3-21-13(18)11-8(2)15-16(12(11)14)9-4-6-10(7-5-9)17(19)20/h4-7H,3,14H2,1-2H3. The van der Waals surface area contributed by atoms with Crippen molar-refractivity contribution in [3.63, 3.8) is 0 Å². The first-order chi connectivity index (χ1) is 9.95. The maximum absolute atomic E-state index is 11.8. The van der Waals surface area contributed by atoms with Crippen LogP contribution in [0.25, 0.3) is 5.69 Å². The number of rotatable bonds is 4. The fourth-order valence-corrected chi connectivity index (χ4v) is 1.91. The quantitative estimate of drug-likeness (QED) is 0.522. The average Bonchev–Trinajstić information content (AvgIpc) is 2.74. The number of nitrogen functional groups attached to an aromatic ring is 1. The van der Waals surface area contributed by atoms with E-state index in [1.165, 1.54) is 28.9 Å². The predicted molar refractivity (Wildman–Crippen MR) is 75.3 cm³/mol. The molecule has 0 saturated carbocycles. The van der Waals surface area contributed by atoms with Gasteiger partial charge in [-0.1, -0.05) is 0 Å². The van der Waals surface area contributed by atoms with Crippen LogP contribution in [0, 0.1) is 17.0 Å². The number of nitro groups is 1. The van der Waals surface area contributed by atoms with Crippen molar-refractivity contribution in [2.24, 2.45) is 0 Å². The van der Waals surface area contributed by atoms with Gasteiger partial charge in [0.2, 0.25) is 0 Å². The van der Waals surface area contributed by atoms with E-state index in [0.29, 0.717) is 11.4 Å². The molecule has 8 heteroatoms. The molecule has 0 amide bonds. The normalized spacial score (nSPS) is 10.4. The maximum atomic E-state index is 11.8. The molecule has 0 spiro atoms. The van der Waals surface area contributed by atoms with Crippen molar-refractivity contribution in [1.29, 1.82) is 0 Å². The number of esters is 1. The summed E-state index contributed by atoms with van der Waals surface area (Å²) in [4.78, 5) is 22.0. The number of aromatic nitrogens is 2. The minimum atomic E-state index is -0.541. The van der Waals surface area contributed by atoms with E-state index in [9.17, 15) is 14.9 Å². The van der Waals surface area contributed by atoms with Gasteiger partial charge < -0.3 is 10.5 Å². The van der Waals surface area contributed by atoms with E-state index in [0.717, 1.165) is 0 Å². The zero-order valence-electron chi connectivity index (χ0n) is 11.6. The van der Waals surface area contributed by atoms with Crippen molar-refractivity contribution in [2.45, 2.75) is 13.8 Å². The summed E-state index contributed by atoms with van der Waals surface area (Å²) in [6.45, 7) is 3.58. The number of aryl methyl sites for hydroxylation is 1. The molecule has 0 aliphatic rings. The highest BCUT2D eigenvalue weighted by Crippen LogP contribution is 2.23. The fraction of sp³-hybridized carbons (Fsp3) is 0.231. The Bertz CT molecular complexity index is 691. The number of carbonyl (C=O) groups is 1. The molecule has 8 nitrogen and oxygen atoms in total. The van der Waals surface area contributed by atoms with Crippen LogP contribution < -0.4 is 5.73 Å². The first-order valence-corrected chi connectivity index (χ1v) is 6.22. The molecule has 21 heavy (non-hydrogen) atoms. The monoisotopic (exact) mass is 290 g/mol. The Morgan fingerprint density at radius 3 is 2.57 bits per heavy atom. The van der Waals surface area contributed by atoms with Crippen LogP contribution in [0.1, 0.15) is 23.0 Å². The molecule has 0 saturated heterocycles. The Morgan fingerprint density at radius 2 is 2.05 bits per heavy atom. The van der Waals surface area contributed by atoms with Crippen molar-refractivity contribution in [3.8, 4) is 5.69 Å². The number of nitrogens with two attached hydrogens (primary N) is 1. The first kappa shape index (κ1) is 14.5. The lowest BCUT2D eigenvalue weighted by molar-refractivity contribution is -0.384. The largest absolute Gasteiger partial charge is 0.462 e. The number of anilines is 1. The van der Waals surface area contributed by atoms with Crippen molar-refractivity contribution >= 4 is 17.5 Å². The minimum absolute atomic E-state index is 0.0354. The molecule has 0 atom stereocenters. The topological polar surface area (TPSA) is 113 Å². The number of nitro benzene ring substituents is 1. The third kappa shape index (κ3) is 2.69. The molecule has 0 aliphatic carbocycles. The van der Waals surface area contributed by atoms with Gasteiger partial charge in [-0.3, -0.25) is 10.1 Å². The van der Waals surface area contributed by atoms with Gasteiger partial charge in [0.25, 0.3) is 5.69 Å². The minimum Gasteiger partial charge on any atom is -0.462 e.